The lowest BCUT2D eigenvalue weighted by Gasteiger charge is -2.22. The van der Waals surface area contributed by atoms with E-state index in [0.717, 1.165) is 48.4 Å². The number of aromatic nitrogens is 4. The van der Waals surface area contributed by atoms with Crippen molar-refractivity contribution in [2.24, 2.45) is 7.05 Å². The number of nitrogens with zero attached hydrogens (tertiary/aromatic N) is 5. The van der Waals surface area contributed by atoms with Crippen LogP contribution < -0.4 is 10.2 Å². The fraction of sp³-hybridized carbons (Fsp3) is 0.533. The van der Waals surface area contributed by atoms with Gasteiger partial charge in [-0.3, -0.25) is 0 Å². The Labute approximate surface area is 126 Å². The molecule has 114 valence electrons. The van der Waals surface area contributed by atoms with Crippen molar-refractivity contribution < 1.29 is 0 Å². The van der Waals surface area contributed by atoms with E-state index in [1.165, 1.54) is 0 Å². The second-order valence-electron chi connectivity index (χ2n) is 5.13. The van der Waals surface area contributed by atoms with Crippen LogP contribution in [-0.4, -0.2) is 33.1 Å². The molecule has 0 atom stereocenters. The minimum atomic E-state index is 0.718. The van der Waals surface area contributed by atoms with Crippen LogP contribution in [0.4, 0.5) is 11.6 Å². The second-order valence-corrected chi connectivity index (χ2v) is 5.13. The molecule has 0 radical (unpaired) electrons. The van der Waals surface area contributed by atoms with Gasteiger partial charge >= 0.3 is 0 Å². The van der Waals surface area contributed by atoms with Crippen LogP contribution in [0.1, 0.15) is 31.1 Å². The minimum Gasteiger partial charge on any atom is -0.370 e. The third kappa shape index (κ3) is 3.32. The Hall–Kier alpha value is -2.11. The first-order chi connectivity index (χ1) is 10.1. The molecule has 0 aliphatic rings. The molecule has 2 rings (SSSR count). The molecule has 0 amide bonds. The average Bonchev–Trinajstić information content (AvgIpc) is 2.86. The lowest BCUT2D eigenvalue weighted by atomic mass is 10.2. The average molecular weight is 288 g/mol. The SMILES string of the molecule is CCNc1nc(CC)nc(N(C)Cc2nccn2C)c1C. The van der Waals surface area contributed by atoms with Crippen molar-refractivity contribution in [3.05, 3.63) is 29.6 Å². The predicted octanol–water partition coefficient (Wildman–Crippen LogP) is 2.15. The molecule has 6 nitrogen and oxygen atoms in total. The number of anilines is 2. The quantitative estimate of drug-likeness (QED) is 0.882. The normalized spacial score (nSPS) is 10.7. The van der Waals surface area contributed by atoms with Gasteiger partial charge in [-0.2, -0.15) is 0 Å². The number of aryl methyl sites for hydroxylation is 2. The van der Waals surface area contributed by atoms with Crippen molar-refractivity contribution in [1.29, 1.82) is 0 Å². The van der Waals surface area contributed by atoms with Crippen LogP contribution in [0.15, 0.2) is 12.4 Å². The number of hydrogen-bond acceptors (Lipinski definition) is 5. The Morgan fingerprint density at radius 3 is 2.62 bits per heavy atom. The molecule has 0 spiro atoms. The molecule has 0 aromatic carbocycles. The lowest BCUT2D eigenvalue weighted by molar-refractivity contribution is 0.748. The summed E-state index contributed by atoms with van der Waals surface area (Å²) < 4.78 is 2.03. The van der Waals surface area contributed by atoms with Gasteiger partial charge in [-0.15, -0.1) is 0 Å². The Bertz CT molecular complexity index is 604. The van der Waals surface area contributed by atoms with Gasteiger partial charge in [0, 0.05) is 45.0 Å². The van der Waals surface area contributed by atoms with E-state index in [1.54, 1.807) is 0 Å². The number of nitrogens with one attached hydrogen (secondary N) is 1. The standard InChI is InChI=1S/C15H24N6/c1-6-12-18-14(16-7-2)11(3)15(19-12)21(5)10-13-17-8-9-20(13)4/h8-9H,6-7,10H2,1-5H3,(H,16,18,19). The smallest absolute Gasteiger partial charge is 0.137 e. The first-order valence-electron chi connectivity index (χ1n) is 7.35. The van der Waals surface area contributed by atoms with Crippen molar-refractivity contribution in [1.82, 2.24) is 19.5 Å². The zero-order valence-corrected chi connectivity index (χ0v) is 13.5. The largest absolute Gasteiger partial charge is 0.370 e. The van der Waals surface area contributed by atoms with Gasteiger partial charge in [-0.1, -0.05) is 6.92 Å². The molecule has 6 heteroatoms. The number of imidazole rings is 1. The van der Waals surface area contributed by atoms with E-state index in [9.17, 15) is 0 Å². The fourth-order valence-electron chi connectivity index (χ4n) is 2.26. The molecule has 2 aromatic heterocycles. The topological polar surface area (TPSA) is 58.9 Å². The van der Waals surface area contributed by atoms with Gasteiger partial charge in [-0.05, 0) is 13.8 Å². The van der Waals surface area contributed by atoms with Gasteiger partial charge in [0.1, 0.15) is 23.3 Å². The molecule has 0 aliphatic carbocycles. The van der Waals surface area contributed by atoms with E-state index in [0.29, 0.717) is 0 Å². The lowest BCUT2D eigenvalue weighted by Crippen LogP contribution is -2.22. The summed E-state index contributed by atoms with van der Waals surface area (Å²) in [5, 5.41) is 3.32. The summed E-state index contributed by atoms with van der Waals surface area (Å²) >= 11 is 0. The summed E-state index contributed by atoms with van der Waals surface area (Å²) in [5.41, 5.74) is 1.07. The zero-order valence-electron chi connectivity index (χ0n) is 13.5. The maximum Gasteiger partial charge on any atom is 0.137 e. The van der Waals surface area contributed by atoms with Gasteiger partial charge in [0.25, 0.3) is 0 Å². The molecule has 2 aromatic rings. The van der Waals surface area contributed by atoms with Crippen molar-refractivity contribution >= 4 is 11.6 Å². The highest BCUT2D eigenvalue weighted by atomic mass is 15.2. The summed E-state index contributed by atoms with van der Waals surface area (Å²) in [7, 11) is 4.05. The van der Waals surface area contributed by atoms with Crippen molar-refractivity contribution in [3.63, 3.8) is 0 Å². The van der Waals surface area contributed by atoms with E-state index in [1.807, 2.05) is 31.1 Å². The molecule has 1 N–H and O–H groups in total. The minimum absolute atomic E-state index is 0.718. The Balaban J connectivity index is 2.32. The molecule has 21 heavy (non-hydrogen) atoms. The van der Waals surface area contributed by atoms with Crippen LogP contribution in [0.25, 0.3) is 0 Å². The summed E-state index contributed by atoms with van der Waals surface area (Å²) in [6.07, 6.45) is 4.59. The zero-order chi connectivity index (χ0) is 15.4. The highest BCUT2D eigenvalue weighted by Gasteiger charge is 2.15. The highest BCUT2D eigenvalue weighted by molar-refractivity contribution is 5.58. The first kappa shape index (κ1) is 15.3. The van der Waals surface area contributed by atoms with E-state index in [-0.39, 0.29) is 0 Å². The molecule has 0 aliphatic heterocycles. The Morgan fingerprint density at radius 2 is 2.05 bits per heavy atom. The van der Waals surface area contributed by atoms with Crippen LogP contribution in [0.3, 0.4) is 0 Å². The molecule has 0 fully saturated rings. The Kier molecular flexibility index (Phi) is 4.77. The van der Waals surface area contributed by atoms with Gasteiger partial charge < -0.3 is 14.8 Å². The number of hydrogen-bond donors (Lipinski definition) is 1. The third-order valence-electron chi connectivity index (χ3n) is 3.49. The summed E-state index contributed by atoms with van der Waals surface area (Å²) in [4.78, 5) is 15.7. The monoisotopic (exact) mass is 288 g/mol. The molecular weight excluding hydrogens is 264 g/mol. The summed E-state index contributed by atoms with van der Waals surface area (Å²) in [5.74, 6) is 3.75. The molecule has 2 heterocycles. The van der Waals surface area contributed by atoms with Crippen LogP contribution >= 0.6 is 0 Å². The molecule has 0 saturated heterocycles. The number of rotatable bonds is 6. The molecular formula is C15H24N6. The fourth-order valence-corrected chi connectivity index (χ4v) is 2.26. The predicted molar refractivity (Wildman–Crippen MR) is 85.6 cm³/mol. The van der Waals surface area contributed by atoms with Crippen LogP contribution in [-0.2, 0) is 20.0 Å². The summed E-state index contributed by atoms with van der Waals surface area (Å²) in [6, 6.07) is 0. The van der Waals surface area contributed by atoms with E-state index in [4.69, 9.17) is 0 Å². The van der Waals surface area contributed by atoms with E-state index >= 15 is 0 Å². The van der Waals surface area contributed by atoms with Gasteiger partial charge in [0.05, 0.1) is 6.54 Å². The molecule has 0 unspecified atom stereocenters. The highest BCUT2D eigenvalue weighted by Crippen LogP contribution is 2.24. The maximum atomic E-state index is 4.68. The summed E-state index contributed by atoms with van der Waals surface area (Å²) in [6.45, 7) is 7.77. The van der Waals surface area contributed by atoms with Gasteiger partial charge in [-0.25, -0.2) is 15.0 Å². The van der Waals surface area contributed by atoms with Crippen LogP contribution in [0, 0.1) is 6.92 Å². The van der Waals surface area contributed by atoms with Crippen molar-refractivity contribution in [2.75, 3.05) is 23.8 Å². The van der Waals surface area contributed by atoms with E-state index < -0.39 is 0 Å². The molecule has 0 saturated carbocycles. The maximum absolute atomic E-state index is 4.68. The van der Waals surface area contributed by atoms with Crippen LogP contribution in [0.5, 0.6) is 0 Å². The second kappa shape index (κ2) is 6.56. The Morgan fingerprint density at radius 1 is 1.29 bits per heavy atom. The third-order valence-corrected chi connectivity index (χ3v) is 3.49. The van der Waals surface area contributed by atoms with E-state index in [2.05, 4.69) is 45.9 Å². The first-order valence-corrected chi connectivity index (χ1v) is 7.35. The van der Waals surface area contributed by atoms with Gasteiger partial charge in [0.2, 0.25) is 0 Å². The van der Waals surface area contributed by atoms with Crippen molar-refractivity contribution in [3.8, 4) is 0 Å². The van der Waals surface area contributed by atoms with Crippen LogP contribution in [0.2, 0.25) is 0 Å². The van der Waals surface area contributed by atoms with Gasteiger partial charge in [0.15, 0.2) is 0 Å². The van der Waals surface area contributed by atoms with Crippen molar-refractivity contribution in [2.45, 2.75) is 33.7 Å². The molecule has 0 bridgehead atoms.